The maximum absolute atomic E-state index is 12.4. The van der Waals surface area contributed by atoms with Gasteiger partial charge in [0.1, 0.15) is 11.4 Å². The molecule has 2 heterocycles. The first-order valence-corrected chi connectivity index (χ1v) is 8.87. The van der Waals surface area contributed by atoms with Crippen molar-refractivity contribution in [3.8, 4) is 0 Å². The number of anilines is 2. The van der Waals surface area contributed by atoms with E-state index in [0.29, 0.717) is 5.16 Å². The summed E-state index contributed by atoms with van der Waals surface area (Å²) >= 11 is 1.24. The van der Waals surface area contributed by atoms with Gasteiger partial charge in [0.2, 0.25) is 0 Å². The molecule has 1 aromatic rings. The highest BCUT2D eigenvalue weighted by atomic mass is 32.2. The molecule has 25 heavy (non-hydrogen) atoms. The van der Waals surface area contributed by atoms with E-state index in [1.807, 2.05) is 0 Å². The predicted molar refractivity (Wildman–Crippen MR) is 93.6 cm³/mol. The largest absolute Gasteiger partial charge is 0.464 e. The van der Waals surface area contributed by atoms with Crippen molar-refractivity contribution in [3.63, 3.8) is 0 Å². The molecule has 1 aromatic heterocycles. The van der Waals surface area contributed by atoms with E-state index in [9.17, 15) is 14.4 Å². The van der Waals surface area contributed by atoms with Crippen LogP contribution in [0, 0.1) is 0 Å². The molecule has 0 saturated carbocycles. The van der Waals surface area contributed by atoms with Crippen LogP contribution >= 0.6 is 11.8 Å². The number of hydrogen-bond donors (Lipinski definition) is 3. The van der Waals surface area contributed by atoms with Crippen molar-refractivity contribution in [2.24, 2.45) is 0 Å². The van der Waals surface area contributed by atoms with Crippen molar-refractivity contribution in [2.75, 3.05) is 30.1 Å². The summed E-state index contributed by atoms with van der Waals surface area (Å²) in [5.74, 6) is -1.18. The van der Waals surface area contributed by atoms with E-state index in [2.05, 4.69) is 20.6 Å². The van der Waals surface area contributed by atoms with Gasteiger partial charge in [-0.1, -0.05) is 11.8 Å². The number of nitrogens with zero attached hydrogens (tertiary/aromatic N) is 1. The Hall–Kier alpha value is -2.49. The molecule has 0 amide bonds. The van der Waals surface area contributed by atoms with Crippen molar-refractivity contribution in [2.45, 2.75) is 31.5 Å². The van der Waals surface area contributed by atoms with Crippen LogP contribution in [0.1, 0.15) is 20.8 Å². The van der Waals surface area contributed by atoms with Crippen molar-refractivity contribution >= 4 is 35.2 Å². The van der Waals surface area contributed by atoms with E-state index >= 15 is 0 Å². The third-order valence-corrected chi connectivity index (χ3v) is 3.94. The molecule has 0 bridgehead atoms. The minimum atomic E-state index is -1.45. The van der Waals surface area contributed by atoms with Gasteiger partial charge in [-0.2, -0.15) is 0 Å². The SMILES string of the molecule is CCOC(=O)C1=C[C@](C)(C(=O)OCC)Nc2c(nc(SC)[nH]c2=O)N1. The van der Waals surface area contributed by atoms with Gasteiger partial charge in [0.05, 0.1) is 13.2 Å². The van der Waals surface area contributed by atoms with Gasteiger partial charge in [0, 0.05) is 0 Å². The van der Waals surface area contributed by atoms with Crippen LogP contribution < -0.4 is 16.2 Å². The number of fused-ring (bicyclic) bond motifs is 1. The van der Waals surface area contributed by atoms with Crippen LogP contribution in [0.2, 0.25) is 0 Å². The minimum Gasteiger partial charge on any atom is -0.464 e. The molecule has 1 aliphatic heterocycles. The van der Waals surface area contributed by atoms with E-state index in [1.165, 1.54) is 24.8 Å². The van der Waals surface area contributed by atoms with Gasteiger partial charge in [-0.25, -0.2) is 14.6 Å². The number of hydrogen-bond acceptors (Lipinski definition) is 9. The average Bonchev–Trinajstić information content (AvgIpc) is 2.73. The predicted octanol–water partition coefficient (Wildman–Crippen LogP) is 1.10. The molecule has 0 fully saturated rings. The first kappa shape index (κ1) is 18.8. The number of rotatable bonds is 5. The highest BCUT2D eigenvalue weighted by Crippen LogP contribution is 2.28. The van der Waals surface area contributed by atoms with Crippen LogP contribution in [-0.2, 0) is 19.1 Å². The van der Waals surface area contributed by atoms with Gasteiger partial charge < -0.3 is 20.1 Å². The van der Waals surface area contributed by atoms with Crippen LogP contribution in [0.5, 0.6) is 0 Å². The second kappa shape index (κ2) is 7.60. The van der Waals surface area contributed by atoms with Crippen molar-refractivity contribution in [1.82, 2.24) is 9.97 Å². The molecule has 0 radical (unpaired) electrons. The number of thioether (sulfide) groups is 1. The molecule has 1 atom stereocenters. The Kier molecular flexibility index (Phi) is 5.73. The smallest absolute Gasteiger partial charge is 0.354 e. The number of aromatic nitrogens is 2. The molecular weight excluding hydrogens is 348 g/mol. The number of carbonyl (C=O) groups excluding carboxylic acids is 2. The van der Waals surface area contributed by atoms with Gasteiger partial charge in [-0.05, 0) is 33.1 Å². The molecule has 0 spiro atoms. The lowest BCUT2D eigenvalue weighted by Gasteiger charge is -2.24. The molecule has 0 aromatic carbocycles. The van der Waals surface area contributed by atoms with Crippen LogP contribution in [0.3, 0.4) is 0 Å². The summed E-state index contributed by atoms with van der Waals surface area (Å²) in [5, 5.41) is 5.98. The summed E-state index contributed by atoms with van der Waals surface area (Å²) in [5.41, 5.74) is -1.90. The number of H-pyrrole nitrogens is 1. The van der Waals surface area contributed by atoms with Crippen molar-refractivity contribution in [1.29, 1.82) is 0 Å². The highest BCUT2D eigenvalue weighted by molar-refractivity contribution is 7.98. The summed E-state index contributed by atoms with van der Waals surface area (Å²) in [6.07, 6.45) is 3.09. The van der Waals surface area contributed by atoms with E-state index in [-0.39, 0.29) is 30.4 Å². The Morgan fingerprint density at radius 2 is 1.96 bits per heavy atom. The first-order valence-electron chi connectivity index (χ1n) is 7.65. The Balaban J connectivity index is 2.59. The molecule has 3 N–H and O–H groups in total. The molecule has 136 valence electrons. The maximum Gasteiger partial charge on any atom is 0.354 e. The van der Waals surface area contributed by atoms with Gasteiger partial charge in [0.25, 0.3) is 5.56 Å². The molecule has 0 aliphatic carbocycles. The van der Waals surface area contributed by atoms with Crippen LogP contribution in [0.4, 0.5) is 11.5 Å². The molecule has 0 unspecified atom stereocenters. The fourth-order valence-electron chi connectivity index (χ4n) is 2.21. The number of esters is 2. The van der Waals surface area contributed by atoms with Gasteiger partial charge in [-0.15, -0.1) is 0 Å². The quantitative estimate of drug-likeness (QED) is 0.398. The zero-order chi connectivity index (χ0) is 18.6. The standard InChI is InChI=1S/C15H20N4O5S/c1-5-23-12(21)8-7-15(3,13(22)24-6-2)19-9-10(16-8)17-14(25-4)18-11(9)20/h7,19H,5-6H2,1-4H3,(H2,16,17,18,20)/t15-/m1/s1. The summed E-state index contributed by atoms with van der Waals surface area (Å²) in [6, 6.07) is 0. The highest BCUT2D eigenvalue weighted by Gasteiger charge is 2.38. The maximum atomic E-state index is 12.4. The number of carbonyl (C=O) groups is 2. The number of nitrogens with one attached hydrogen (secondary N) is 3. The zero-order valence-corrected chi connectivity index (χ0v) is 15.2. The fourth-order valence-corrected chi connectivity index (χ4v) is 2.59. The first-order chi connectivity index (χ1) is 11.8. The fraction of sp³-hybridized carbons (Fsp3) is 0.467. The van der Waals surface area contributed by atoms with E-state index in [4.69, 9.17) is 9.47 Å². The Bertz CT molecular complexity index is 776. The third-order valence-electron chi connectivity index (χ3n) is 3.36. The Morgan fingerprint density at radius 1 is 1.28 bits per heavy atom. The van der Waals surface area contributed by atoms with Gasteiger partial charge >= 0.3 is 11.9 Å². The van der Waals surface area contributed by atoms with Crippen LogP contribution in [0.15, 0.2) is 21.7 Å². The molecule has 0 saturated heterocycles. The van der Waals surface area contributed by atoms with E-state index in [0.717, 1.165) is 0 Å². The van der Waals surface area contributed by atoms with E-state index < -0.39 is 23.0 Å². The summed E-state index contributed by atoms with van der Waals surface area (Å²) < 4.78 is 10.1. The summed E-state index contributed by atoms with van der Waals surface area (Å²) in [4.78, 5) is 43.8. The van der Waals surface area contributed by atoms with Gasteiger partial charge in [-0.3, -0.25) is 9.78 Å². The second-order valence-electron chi connectivity index (χ2n) is 5.25. The summed E-state index contributed by atoms with van der Waals surface area (Å²) in [7, 11) is 0. The Morgan fingerprint density at radius 3 is 2.56 bits per heavy atom. The molecular formula is C15H20N4O5S. The average molecular weight is 368 g/mol. The van der Waals surface area contributed by atoms with E-state index in [1.54, 1.807) is 20.1 Å². The lowest BCUT2D eigenvalue weighted by Crippen LogP contribution is -2.44. The Labute approximate surface area is 148 Å². The minimum absolute atomic E-state index is 0.00574. The molecule has 1 aliphatic rings. The van der Waals surface area contributed by atoms with Crippen molar-refractivity contribution in [3.05, 3.63) is 22.1 Å². The van der Waals surface area contributed by atoms with Gasteiger partial charge in [0.15, 0.2) is 16.5 Å². The lowest BCUT2D eigenvalue weighted by molar-refractivity contribution is -0.146. The van der Waals surface area contributed by atoms with Crippen LogP contribution in [-0.4, -0.2) is 46.9 Å². The normalized spacial score (nSPS) is 18.8. The monoisotopic (exact) mass is 368 g/mol. The number of ether oxygens (including phenoxy) is 2. The number of aromatic amines is 1. The topological polar surface area (TPSA) is 122 Å². The summed E-state index contributed by atoms with van der Waals surface area (Å²) in [6.45, 7) is 5.15. The molecule has 10 heteroatoms. The third kappa shape index (κ3) is 3.95. The lowest BCUT2D eigenvalue weighted by atomic mass is 10.0. The molecule has 9 nitrogen and oxygen atoms in total. The zero-order valence-electron chi connectivity index (χ0n) is 14.4. The second-order valence-corrected chi connectivity index (χ2v) is 6.05. The molecule has 2 rings (SSSR count). The van der Waals surface area contributed by atoms with Crippen LogP contribution in [0.25, 0.3) is 0 Å². The van der Waals surface area contributed by atoms with Crippen molar-refractivity contribution < 1.29 is 19.1 Å².